The van der Waals surface area contributed by atoms with Crippen LogP contribution in [0.1, 0.15) is 72.1 Å². The number of rotatable bonds is 5. The molecule has 0 aromatic carbocycles. The molecular weight excluding hydrogens is 412 g/mol. The van der Waals surface area contributed by atoms with Gasteiger partial charge in [0.25, 0.3) is 16.1 Å². The van der Waals surface area contributed by atoms with Gasteiger partial charge in [-0.2, -0.15) is 17.0 Å². The van der Waals surface area contributed by atoms with Gasteiger partial charge in [0.15, 0.2) is 0 Å². The van der Waals surface area contributed by atoms with Crippen molar-refractivity contribution in [2.45, 2.75) is 81.5 Å². The Kier molecular flexibility index (Phi) is 5.14. The zero-order chi connectivity index (χ0) is 20.2. The molecule has 4 heterocycles. The van der Waals surface area contributed by atoms with Crippen molar-refractivity contribution >= 4 is 27.5 Å². The van der Waals surface area contributed by atoms with Crippen molar-refractivity contribution in [2.24, 2.45) is 5.73 Å². The highest BCUT2D eigenvalue weighted by molar-refractivity contribution is 7.86. The van der Waals surface area contributed by atoms with Crippen LogP contribution in [0, 0.1) is 0 Å². The molecule has 2 atom stereocenters. The fraction of sp³-hybridized carbons (Fsp3) is 0.833. The number of fused-ring (bicyclic) bond motifs is 2. The quantitative estimate of drug-likeness (QED) is 0.699. The Morgan fingerprint density at radius 2 is 1.69 bits per heavy atom. The first-order valence-electron chi connectivity index (χ1n) is 10.6. The van der Waals surface area contributed by atoms with Crippen LogP contribution >= 0.6 is 11.3 Å². The number of hydrogen-bond donors (Lipinski definition) is 2. The van der Waals surface area contributed by atoms with Crippen LogP contribution in [0.4, 0.5) is 0 Å². The van der Waals surface area contributed by atoms with E-state index in [0.29, 0.717) is 49.7 Å². The number of nitrogens with one attached hydrogen (secondary N) is 1. The SMILES string of the molecule is NC1CCN(S(=O)(=O)N2C3CCC2CC(NC(=O)c2nnc(C4CC4)s2)C3)CC1. The molecule has 1 amide bonds. The van der Waals surface area contributed by atoms with Crippen LogP contribution in [0.25, 0.3) is 0 Å². The minimum atomic E-state index is -3.47. The van der Waals surface area contributed by atoms with Gasteiger partial charge in [-0.1, -0.05) is 11.3 Å². The Hall–Kier alpha value is -1.14. The summed E-state index contributed by atoms with van der Waals surface area (Å²) in [4.78, 5) is 12.6. The summed E-state index contributed by atoms with van der Waals surface area (Å²) in [6.45, 7) is 1.000. The van der Waals surface area contributed by atoms with Gasteiger partial charge in [-0.25, -0.2) is 0 Å². The highest BCUT2D eigenvalue weighted by Crippen LogP contribution is 2.42. The topological polar surface area (TPSA) is 122 Å². The van der Waals surface area contributed by atoms with E-state index in [4.69, 9.17) is 5.73 Å². The third-order valence-corrected chi connectivity index (χ3v) is 9.89. The van der Waals surface area contributed by atoms with Crippen LogP contribution in [0.5, 0.6) is 0 Å². The molecular formula is C18H28N6O3S2. The summed E-state index contributed by atoms with van der Waals surface area (Å²) in [5.41, 5.74) is 5.94. The van der Waals surface area contributed by atoms with E-state index in [2.05, 4.69) is 15.5 Å². The number of aromatic nitrogens is 2. The summed E-state index contributed by atoms with van der Waals surface area (Å²) in [7, 11) is -3.47. The molecule has 0 radical (unpaired) electrons. The maximum Gasteiger partial charge on any atom is 0.282 e. The predicted octanol–water partition coefficient (Wildman–Crippen LogP) is 0.809. The lowest BCUT2D eigenvalue weighted by Gasteiger charge is -2.41. The van der Waals surface area contributed by atoms with Crippen molar-refractivity contribution in [1.82, 2.24) is 24.1 Å². The molecule has 11 heteroatoms. The molecule has 29 heavy (non-hydrogen) atoms. The molecule has 9 nitrogen and oxygen atoms in total. The van der Waals surface area contributed by atoms with E-state index in [1.807, 2.05) is 0 Å². The Balaban J connectivity index is 1.23. The lowest BCUT2D eigenvalue weighted by atomic mass is 10.00. The molecule has 4 fully saturated rings. The minimum Gasteiger partial charge on any atom is -0.347 e. The zero-order valence-electron chi connectivity index (χ0n) is 16.4. The van der Waals surface area contributed by atoms with Crippen LogP contribution in [0.15, 0.2) is 0 Å². The molecule has 0 spiro atoms. The molecule has 160 valence electrons. The van der Waals surface area contributed by atoms with E-state index in [0.717, 1.165) is 30.7 Å². The number of nitrogens with zero attached hydrogens (tertiary/aromatic N) is 4. The summed E-state index contributed by atoms with van der Waals surface area (Å²) in [5, 5.41) is 12.6. The molecule has 1 aromatic heterocycles. The van der Waals surface area contributed by atoms with Crippen molar-refractivity contribution in [2.75, 3.05) is 13.1 Å². The van der Waals surface area contributed by atoms with Gasteiger partial charge in [-0.15, -0.1) is 10.2 Å². The van der Waals surface area contributed by atoms with Gasteiger partial charge in [-0.3, -0.25) is 4.79 Å². The Morgan fingerprint density at radius 3 is 2.31 bits per heavy atom. The van der Waals surface area contributed by atoms with Gasteiger partial charge < -0.3 is 11.1 Å². The maximum atomic E-state index is 13.2. The molecule has 2 unspecified atom stereocenters. The van der Waals surface area contributed by atoms with E-state index in [9.17, 15) is 13.2 Å². The van der Waals surface area contributed by atoms with E-state index < -0.39 is 10.2 Å². The molecule has 3 aliphatic heterocycles. The maximum absolute atomic E-state index is 13.2. The van der Waals surface area contributed by atoms with Crippen LogP contribution in [-0.2, 0) is 10.2 Å². The number of piperidine rings is 2. The van der Waals surface area contributed by atoms with Crippen molar-refractivity contribution < 1.29 is 13.2 Å². The van der Waals surface area contributed by atoms with Crippen molar-refractivity contribution in [3.05, 3.63) is 10.0 Å². The second kappa shape index (κ2) is 7.52. The van der Waals surface area contributed by atoms with Crippen LogP contribution in [0.2, 0.25) is 0 Å². The summed E-state index contributed by atoms with van der Waals surface area (Å²) < 4.78 is 29.8. The number of nitrogens with two attached hydrogens (primary N) is 1. The fourth-order valence-electron chi connectivity index (χ4n) is 4.94. The molecule has 1 aliphatic carbocycles. The summed E-state index contributed by atoms with van der Waals surface area (Å²) in [6.07, 6.45) is 6.72. The van der Waals surface area contributed by atoms with Crippen molar-refractivity contribution in [3.63, 3.8) is 0 Å². The van der Waals surface area contributed by atoms with E-state index in [1.165, 1.54) is 11.3 Å². The molecule has 3 saturated heterocycles. The third-order valence-electron chi connectivity index (χ3n) is 6.65. The molecule has 1 aromatic rings. The van der Waals surface area contributed by atoms with Crippen molar-refractivity contribution in [1.29, 1.82) is 0 Å². The molecule has 2 bridgehead atoms. The van der Waals surface area contributed by atoms with E-state index in [1.54, 1.807) is 8.61 Å². The first-order chi connectivity index (χ1) is 13.9. The molecule has 5 rings (SSSR count). The Morgan fingerprint density at radius 1 is 1.03 bits per heavy atom. The van der Waals surface area contributed by atoms with E-state index in [-0.39, 0.29) is 30.1 Å². The van der Waals surface area contributed by atoms with E-state index >= 15 is 0 Å². The minimum absolute atomic E-state index is 0.0190. The number of carbonyl (C=O) groups excluding carboxylic acids is 1. The summed E-state index contributed by atoms with van der Waals surface area (Å²) in [5.74, 6) is 0.308. The molecule has 4 aliphatic rings. The predicted molar refractivity (Wildman–Crippen MR) is 109 cm³/mol. The average molecular weight is 441 g/mol. The lowest BCUT2D eigenvalue weighted by molar-refractivity contribution is 0.0905. The highest BCUT2D eigenvalue weighted by atomic mass is 32.2. The monoisotopic (exact) mass is 440 g/mol. The largest absolute Gasteiger partial charge is 0.347 e. The Bertz CT molecular complexity index is 864. The van der Waals surface area contributed by atoms with Crippen molar-refractivity contribution in [3.8, 4) is 0 Å². The van der Waals surface area contributed by atoms with Crippen LogP contribution < -0.4 is 11.1 Å². The summed E-state index contributed by atoms with van der Waals surface area (Å²) >= 11 is 1.38. The van der Waals surface area contributed by atoms with Gasteiger partial charge >= 0.3 is 0 Å². The van der Waals surface area contributed by atoms with Gasteiger partial charge in [0.05, 0.1) is 0 Å². The smallest absolute Gasteiger partial charge is 0.282 e. The van der Waals surface area contributed by atoms with Gasteiger partial charge in [0, 0.05) is 43.2 Å². The number of hydrogen-bond acceptors (Lipinski definition) is 7. The first-order valence-corrected chi connectivity index (χ1v) is 12.8. The number of amides is 1. The first kappa shape index (κ1) is 19.8. The Labute approximate surface area is 175 Å². The molecule has 1 saturated carbocycles. The second-order valence-corrected chi connectivity index (χ2v) is 11.7. The zero-order valence-corrected chi connectivity index (χ0v) is 18.0. The summed E-state index contributed by atoms with van der Waals surface area (Å²) in [6, 6.07) is -0.0124. The number of carbonyl (C=O) groups is 1. The highest BCUT2D eigenvalue weighted by Gasteiger charge is 2.49. The fourth-order valence-corrected chi connectivity index (χ4v) is 7.93. The third kappa shape index (κ3) is 3.83. The van der Waals surface area contributed by atoms with Gasteiger partial charge in [0.1, 0.15) is 5.01 Å². The molecule has 3 N–H and O–H groups in total. The van der Waals surface area contributed by atoms with Gasteiger partial charge in [0.2, 0.25) is 5.01 Å². The average Bonchev–Trinajstić information content (AvgIpc) is 3.34. The van der Waals surface area contributed by atoms with Crippen LogP contribution in [-0.4, -0.2) is 70.4 Å². The van der Waals surface area contributed by atoms with Gasteiger partial charge in [-0.05, 0) is 51.4 Å². The normalized spacial score (nSPS) is 31.8. The second-order valence-electron chi connectivity index (χ2n) is 8.82. The standard InChI is InChI=1S/C18H28N6O3S2/c19-12-5-7-23(8-6-12)29(26,27)24-14-3-4-15(24)10-13(9-14)20-16(25)18-22-21-17(28-18)11-1-2-11/h11-15H,1-10,19H2,(H,20,25). The lowest BCUT2D eigenvalue weighted by Crippen LogP contribution is -2.57. The van der Waals surface area contributed by atoms with Crippen LogP contribution in [0.3, 0.4) is 0 Å².